The first-order chi connectivity index (χ1) is 12.2. The highest BCUT2D eigenvalue weighted by Crippen LogP contribution is 2.26. The fourth-order valence-electron chi connectivity index (χ4n) is 3.29. The van der Waals surface area contributed by atoms with E-state index in [4.69, 9.17) is 0 Å². The van der Waals surface area contributed by atoms with E-state index in [9.17, 15) is 9.18 Å². The molecule has 1 aliphatic heterocycles. The molecule has 5 heteroatoms. The second kappa shape index (κ2) is 6.51. The van der Waals surface area contributed by atoms with Crippen molar-refractivity contribution < 1.29 is 9.18 Å². The Hall–Kier alpha value is -2.95. The number of carbonyl (C=O) groups is 1. The molecular formula is C20H18FN3O. The molecule has 1 fully saturated rings. The van der Waals surface area contributed by atoms with Crippen LogP contribution in [0.15, 0.2) is 54.7 Å². The first kappa shape index (κ1) is 15.6. The zero-order valence-corrected chi connectivity index (χ0v) is 13.6. The zero-order valence-electron chi connectivity index (χ0n) is 13.6. The molecule has 0 saturated carbocycles. The van der Waals surface area contributed by atoms with Gasteiger partial charge in [-0.1, -0.05) is 18.2 Å². The lowest BCUT2D eigenvalue weighted by molar-refractivity contribution is -0.119. The lowest BCUT2D eigenvalue weighted by Gasteiger charge is -2.14. The van der Waals surface area contributed by atoms with Crippen molar-refractivity contribution in [2.24, 2.45) is 0 Å². The fraction of sp³-hybridized carbons (Fsp3) is 0.200. The number of halogens is 1. The van der Waals surface area contributed by atoms with Gasteiger partial charge >= 0.3 is 0 Å². The second-order valence-corrected chi connectivity index (χ2v) is 6.28. The Bertz CT molecular complexity index is 941. The lowest BCUT2D eigenvalue weighted by Crippen LogP contribution is -2.18. The summed E-state index contributed by atoms with van der Waals surface area (Å²) in [5, 5.41) is 7.11. The van der Waals surface area contributed by atoms with E-state index >= 15 is 0 Å². The maximum absolute atomic E-state index is 13.8. The summed E-state index contributed by atoms with van der Waals surface area (Å²) in [6, 6.07) is 14.7. The van der Waals surface area contributed by atoms with Crippen LogP contribution in [0.5, 0.6) is 0 Å². The van der Waals surface area contributed by atoms with Crippen LogP contribution in [-0.4, -0.2) is 10.9 Å². The highest BCUT2D eigenvalue weighted by atomic mass is 19.1. The molecule has 1 aromatic heterocycles. The van der Waals surface area contributed by atoms with Gasteiger partial charge in [-0.25, -0.2) is 4.39 Å². The van der Waals surface area contributed by atoms with Crippen LogP contribution < -0.4 is 10.6 Å². The summed E-state index contributed by atoms with van der Waals surface area (Å²) in [6.07, 6.45) is 3.11. The van der Waals surface area contributed by atoms with Crippen LogP contribution in [0.3, 0.4) is 0 Å². The van der Waals surface area contributed by atoms with E-state index in [0.717, 1.165) is 34.1 Å². The third-order valence-corrected chi connectivity index (χ3v) is 4.52. The molecule has 1 unspecified atom stereocenters. The monoisotopic (exact) mass is 335 g/mol. The molecule has 0 bridgehead atoms. The van der Waals surface area contributed by atoms with Crippen molar-refractivity contribution in [1.82, 2.24) is 10.3 Å². The molecule has 126 valence electrons. The maximum atomic E-state index is 13.8. The van der Waals surface area contributed by atoms with Gasteiger partial charge in [0, 0.05) is 35.8 Å². The molecular weight excluding hydrogens is 317 g/mol. The van der Waals surface area contributed by atoms with Crippen LogP contribution >= 0.6 is 0 Å². The van der Waals surface area contributed by atoms with E-state index in [1.165, 1.54) is 12.1 Å². The van der Waals surface area contributed by atoms with Gasteiger partial charge in [0.05, 0.1) is 11.6 Å². The topological polar surface area (TPSA) is 54.0 Å². The van der Waals surface area contributed by atoms with Gasteiger partial charge in [-0.05, 0) is 42.3 Å². The minimum absolute atomic E-state index is 0.0749. The third-order valence-electron chi connectivity index (χ3n) is 4.52. The van der Waals surface area contributed by atoms with E-state index in [1.807, 2.05) is 30.3 Å². The minimum atomic E-state index is -0.264. The first-order valence-corrected chi connectivity index (χ1v) is 8.35. The Balaban J connectivity index is 1.55. The van der Waals surface area contributed by atoms with Crippen molar-refractivity contribution in [2.45, 2.75) is 25.4 Å². The lowest BCUT2D eigenvalue weighted by atomic mass is 10.0. The number of fused-ring (bicyclic) bond motifs is 1. The molecule has 0 spiro atoms. The smallest absolute Gasteiger partial charge is 0.220 e. The number of aromatic nitrogens is 1. The summed E-state index contributed by atoms with van der Waals surface area (Å²) in [4.78, 5) is 15.8. The van der Waals surface area contributed by atoms with Crippen molar-refractivity contribution in [3.05, 3.63) is 71.7 Å². The summed E-state index contributed by atoms with van der Waals surface area (Å²) < 4.78 is 13.8. The highest BCUT2D eigenvalue weighted by Gasteiger charge is 2.22. The average molecular weight is 335 g/mol. The second-order valence-electron chi connectivity index (χ2n) is 6.28. The quantitative estimate of drug-likeness (QED) is 0.759. The summed E-state index contributed by atoms with van der Waals surface area (Å²) in [5.74, 6) is -0.166. The molecule has 1 atom stereocenters. The van der Waals surface area contributed by atoms with Gasteiger partial charge in [0.25, 0.3) is 0 Å². The van der Waals surface area contributed by atoms with E-state index in [-0.39, 0.29) is 17.8 Å². The molecule has 2 heterocycles. The van der Waals surface area contributed by atoms with Gasteiger partial charge in [0.1, 0.15) is 5.82 Å². The number of hydrogen-bond donors (Lipinski definition) is 2. The van der Waals surface area contributed by atoms with Crippen molar-refractivity contribution in [1.29, 1.82) is 0 Å². The molecule has 25 heavy (non-hydrogen) atoms. The molecule has 1 aliphatic rings. The van der Waals surface area contributed by atoms with Crippen LogP contribution in [-0.2, 0) is 11.3 Å². The Morgan fingerprint density at radius 2 is 2.12 bits per heavy atom. The molecule has 0 aliphatic carbocycles. The number of carbonyl (C=O) groups excluding carboxylic acids is 1. The van der Waals surface area contributed by atoms with Gasteiger partial charge in [-0.3, -0.25) is 9.78 Å². The van der Waals surface area contributed by atoms with Crippen LogP contribution in [0.2, 0.25) is 0 Å². The zero-order chi connectivity index (χ0) is 17.2. The number of nitrogens with one attached hydrogen (secondary N) is 2. The third kappa shape index (κ3) is 3.31. The number of amides is 1. The number of anilines is 1. The highest BCUT2D eigenvalue weighted by molar-refractivity contribution is 5.82. The van der Waals surface area contributed by atoms with E-state index < -0.39 is 0 Å². The number of benzene rings is 2. The first-order valence-electron chi connectivity index (χ1n) is 8.35. The standard InChI is InChI=1S/C20H18FN3O/c21-16-9-14-4-2-8-22-20(14)15(10-16)12-23-17-5-1-3-13(11-17)18-6-7-19(25)24-18/h1-5,8-11,18,23H,6-7,12H2,(H,24,25). The predicted molar refractivity (Wildman–Crippen MR) is 95.6 cm³/mol. The van der Waals surface area contributed by atoms with Gasteiger partial charge in [-0.15, -0.1) is 0 Å². The van der Waals surface area contributed by atoms with E-state index in [2.05, 4.69) is 15.6 Å². The summed E-state index contributed by atoms with van der Waals surface area (Å²) >= 11 is 0. The number of rotatable bonds is 4. The number of hydrogen-bond acceptors (Lipinski definition) is 3. The molecule has 2 aromatic carbocycles. The summed E-state index contributed by atoms with van der Waals surface area (Å²) in [7, 11) is 0. The van der Waals surface area contributed by atoms with Crippen LogP contribution in [0.25, 0.3) is 10.9 Å². The normalized spacial score (nSPS) is 16.8. The van der Waals surface area contributed by atoms with E-state index in [1.54, 1.807) is 12.3 Å². The Labute approximate surface area is 145 Å². The summed E-state index contributed by atoms with van der Waals surface area (Å²) in [6.45, 7) is 0.478. The number of pyridine rings is 1. The average Bonchev–Trinajstić information content (AvgIpc) is 3.06. The van der Waals surface area contributed by atoms with Crippen molar-refractivity contribution in [3.8, 4) is 0 Å². The summed E-state index contributed by atoms with van der Waals surface area (Å²) in [5.41, 5.74) is 3.64. The van der Waals surface area contributed by atoms with Crippen molar-refractivity contribution in [2.75, 3.05) is 5.32 Å². The van der Waals surface area contributed by atoms with Gasteiger partial charge in [-0.2, -0.15) is 0 Å². The Morgan fingerprint density at radius 1 is 1.20 bits per heavy atom. The van der Waals surface area contributed by atoms with E-state index in [0.29, 0.717) is 13.0 Å². The number of nitrogens with zero attached hydrogens (tertiary/aromatic N) is 1. The van der Waals surface area contributed by atoms with Gasteiger partial charge in [0.15, 0.2) is 0 Å². The maximum Gasteiger partial charge on any atom is 0.220 e. The van der Waals surface area contributed by atoms with Crippen molar-refractivity contribution in [3.63, 3.8) is 0 Å². The van der Waals surface area contributed by atoms with Crippen molar-refractivity contribution >= 4 is 22.5 Å². The largest absolute Gasteiger partial charge is 0.381 e. The SMILES string of the molecule is O=C1CCC(c2cccc(NCc3cc(F)cc4cccnc34)c2)N1. The minimum Gasteiger partial charge on any atom is -0.381 e. The molecule has 2 N–H and O–H groups in total. The molecule has 4 rings (SSSR count). The molecule has 4 nitrogen and oxygen atoms in total. The molecule has 0 radical (unpaired) electrons. The van der Waals surface area contributed by atoms with Crippen LogP contribution in [0.1, 0.15) is 30.0 Å². The molecule has 3 aromatic rings. The Kier molecular flexibility index (Phi) is 4.06. The fourth-order valence-corrected chi connectivity index (χ4v) is 3.29. The van der Waals surface area contributed by atoms with Gasteiger partial charge < -0.3 is 10.6 Å². The van der Waals surface area contributed by atoms with Crippen LogP contribution in [0, 0.1) is 5.82 Å². The molecule has 1 amide bonds. The Morgan fingerprint density at radius 3 is 2.96 bits per heavy atom. The van der Waals surface area contributed by atoms with Crippen LogP contribution in [0.4, 0.5) is 10.1 Å². The molecule has 1 saturated heterocycles. The van der Waals surface area contributed by atoms with Gasteiger partial charge in [0.2, 0.25) is 5.91 Å². The predicted octanol–water partition coefficient (Wildman–Crippen LogP) is 3.94.